The Bertz CT molecular complexity index is 564. The van der Waals surface area contributed by atoms with Crippen LogP contribution < -0.4 is 15.7 Å². The number of halogens is 1. The molecule has 0 unspecified atom stereocenters. The van der Waals surface area contributed by atoms with Crippen molar-refractivity contribution < 1.29 is 24.9 Å². The second-order valence-corrected chi connectivity index (χ2v) is 4.65. The zero-order chi connectivity index (χ0) is 16.0. The molecule has 0 saturated carbocycles. The maximum absolute atomic E-state index is 11.7. The highest BCUT2D eigenvalue weighted by molar-refractivity contribution is 6.32. The van der Waals surface area contributed by atoms with E-state index in [9.17, 15) is 24.8 Å². The lowest BCUT2D eigenvalue weighted by Crippen LogP contribution is -2.93. The molecule has 0 fully saturated rings. The van der Waals surface area contributed by atoms with Gasteiger partial charge >= 0.3 is 0 Å². The number of amides is 1. The molecule has 1 rings (SSSR count). The fourth-order valence-corrected chi connectivity index (χ4v) is 1.88. The first-order chi connectivity index (χ1) is 9.85. The molecule has 0 saturated heterocycles. The van der Waals surface area contributed by atoms with E-state index in [4.69, 9.17) is 11.6 Å². The summed E-state index contributed by atoms with van der Waals surface area (Å²) in [6.45, 7) is 2.23. The summed E-state index contributed by atoms with van der Waals surface area (Å²) in [4.78, 5) is 32.6. The summed E-state index contributed by atoms with van der Waals surface area (Å²) in [6.07, 6.45) is -0.299. The number of nitrogens with zero attached hydrogens (tertiary/aromatic N) is 1. The van der Waals surface area contributed by atoms with Crippen molar-refractivity contribution in [1.82, 2.24) is 0 Å². The van der Waals surface area contributed by atoms with E-state index in [1.807, 2.05) is 0 Å². The molecule has 3 N–H and O–H groups in total. The van der Waals surface area contributed by atoms with Gasteiger partial charge < -0.3 is 20.5 Å². The van der Waals surface area contributed by atoms with Gasteiger partial charge in [0.25, 0.3) is 5.69 Å². The van der Waals surface area contributed by atoms with E-state index < -0.39 is 22.8 Å². The van der Waals surface area contributed by atoms with Crippen molar-refractivity contribution in [3.8, 4) is 0 Å². The largest absolute Gasteiger partial charge is 0.544 e. The molecular formula is C12H14ClN3O5. The summed E-state index contributed by atoms with van der Waals surface area (Å²) in [5.41, 5.74) is -0.171. The maximum atomic E-state index is 11.7. The number of carboxylic acids is 1. The second kappa shape index (κ2) is 7.55. The molecular weight excluding hydrogens is 302 g/mol. The molecule has 0 bridgehead atoms. The van der Waals surface area contributed by atoms with Crippen LogP contribution in [-0.4, -0.2) is 29.4 Å². The van der Waals surface area contributed by atoms with Crippen molar-refractivity contribution in [2.24, 2.45) is 0 Å². The molecule has 0 aliphatic rings. The number of nitrogens with two attached hydrogens (primary N) is 1. The average molecular weight is 316 g/mol. The molecule has 0 radical (unpaired) electrons. The van der Waals surface area contributed by atoms with E-state index in [0.29, 0.717) is 6.54 Å². The summed E-state index contributed by atoms with van der Waals surface area (Å²) in [5.74, 6) is -1.92. The van der Waals surface area contributed by atoms with Gasteiger partial charge in [0.15, 0.2) is 0 Å². The lowest BCUT2D eigenvalue weighted by Gasteiger charge is -2.15. The number of carbonyl (C=O) groups is 2. The van der Waals surface area contributed by atoms with Crippen molar-refractivity contribution in [2.45, 2.75) is 19.4 Å². The van der Waals surface area contributed by atoms with Gasteiger partial charge in [0.1, 0.15) is 11.1 Å². The number of hydrogen-bond acceptors (Lipinski definition) is 5. The summed E-state index contributed by atoms with van der Waals surface area (Å²) in [5, 5.41) is 25.4. The Balaban J connectivity index is 2.77. The van der Waals surface area contributed by atoms with E-state index in [1.54, 1.807) is 6.92 Å². The molecule has 0 heterocycles. The molecule has 114 valence electrons. The molecule has 21 heavy (non-hydrogen) atoms. The predicted octanol–water partition coefficient (Wildman–Crippen LogP) is -0.721. The number of aliphatic carboxylic acids is 1. The summed E-state index contributed by atoms with van der Waals surface area (Å²) < 4.78 is 0. The van der Waals surface area contributed by atoms with Crippen LogP contribution >= 0.6 is 11.6 Å². The van der Waals surface area contributed by atoms with Gasteiger partial charge in [-0.05, 0) is 19.1 Å². The van der Waals surface area contributed by atoms with Crippen LogP contribution in [-0.2, 0) is 9.59 Å². The summed E-state index contributed by atoms with van der Waals surface area (Å²) in [6, 6.07) is 2.78. The number of carboxylic acid groups (broad SMARTS) is 1. The SMILES string of the molecule is CC[NH2+][C@@H](CC(=O)Nc1ccc(Cl)c([N+](=O)[O-])c1)C(=O)[O-]. The molecule has 0 aliphatic heterocycles. The smallest absolute Gasteiger partial charge is 0.289 e. The zero-order valence-electron chi connectivity index (χ0n) is 11.2. The summed E-state index contributed by atoms with van der Waals surface area (Å²) in [7, 11) is 0. The van der Waals surface area contributed by atoms with Gasteiger partial charge in [0.05, 0.1) is 23.9 Å². The fraction of sp³-hybridized carbons (Fsp3) is 0.333. The highest BCUT2D eigenvalue weighted by Gasteiger charge is 2.19. The van der Waals surface area contributed by atoms with Crippen LogP contribution in [0.1, 0.15) is 13.3 Å². The van der Waals surface area contributed by atoms with Gasteiger partial charge in [-0.3, -0.25) is 14.9 Å². The Hall–Kier alpha value is -2.19. The minimum Gasteiger partial charge on any atom is -0.544 e. The number of carbonyl (C=O) groups excluding carboxylic acids is 2. The standard InChI is InChI=1S/C12H14ClN3O5/c1-2-14-9(12(18)19)6-11(17)15-7-3-4-8(13)10(5-7)16(20)21/h3-5,9,14H,2,6H2,1H3,(H,15,17)(H,18,19)/t9-/m0/s1. The first-order valence-corrected chi connectivity index (χ1v) is 6.51. The van der Waals surface area contributed by atoms with E-state index in [0.717, 1.165) is 6.07 Å². The average Bonchev–Trinajstić information content (AvgIpc) is 2.40. The monoisotopic (exact) mass is 315 g/mol. The van der Waals surface area contributed by atoms with Crippen LogP contribution in [0, 0.1) is 10.1 Å². The first kappa shape index (κ1) is 16.9. The fourth-order valence-electron chi connectivity index (χ4n) is 1.69. The molecule has 1 aromatic rings. The third-order valence-electron chi connectivity index (χ3n) is 2.65. The number of benzene rings is 1. The molecule has 9 heteroatoms. The van der Waals surface area contributed by atoms with Crippen LogP contribution in [0.15, 0.2) is 18.2 Å². The Morgan fingerprint density at radius 3 is 2.67 bits per heavy atom. The maximum Gasteiger partial charge on any atom is 0.289 e. The molecule has 0 aromatic heterocycles. The van der Waals surface area contributed by atoms with E-state index in [2.05, 4.69) is 5.32 Å². The van der Waals surface area contributed by atoms with Crippen molar-refractivity contribution in [2.75, 3.05) is 11.9 Å². The number of anilines is 1. The number of likely N-dealkylation sites (N-methyl/N-ethyl adjacent to an activating group) is 1. The highest BCUT2D eigenvalue weighted by Crippen LogP contribution is 2.27. The quantitative estimate of drug-likeness (QED) is 0.506. The normalized spacial score (nSPS) is 11.7. The van der Waals surface area contributed by atoms with Crippen LogP contribution in [0.3, 0.4) is 0 Å². The number of rotatable bonds is 7. The van der Waals surface area contributed by atoms with Gasteiger partial charge in [-0.15, -0.1) is 0 Å². The third-order valence-corrected chi connectivity index (χ3v) is 2.97. The number of hydrogen-bond donors (Lipinski definition) is 2. The zero-order valence-corrected chi connectivity index (χ0v) is 11.9. The molecule has 1 aromatic carbocycles. The van der Waals surface area contributed by atoms with Crippen molar-refractivity contribution in [3.05, 3.63) is 33.3 Å². The van der Waals surface area contributed by atoms with Crippen LogP contribution in [0.4, 0.5) is 11.4 Å². The minimum absolute atomic E-state index is 0.0510. The van der Waals surface area contributed by atoms with Crippen molar-refractivity contribution in [3.63, 3.8) is 0 Å². The molecule has 8 nitrogen and oxygen atoms in total. The van der Waals surface area contributed by atoms with E-state index in [-0.39, 0.29) is 22.8 Å². The number of nitrogens with one attached hydrogen (secondary N) is 1. The number of nitro benzene ring substituents is 1. The molecule has 1 atom stereocenters. The first-order valence-electron chi connectivity index (χ1n) is 6.13. The van der Waals surface area contributed by atoms with Gasteiger partial charge in [0, 0.05) is 11.8 Å². The lowest BCUT2D eigenvalue weighted by atomic mass is 10.2. The predicted molar refractivity (Wildman–Crippen MR) is 72.6 cm³/mol. The molecule has 0 aliphatic carbocycles. The van der Waals surface area contributed by atoms with Gasteiger partial charge in [-0.2, -0.15) is 0 Å². The highest BCUT2D eigenvalue weighted by atomic mass is 35.5. The Morgan fingerprint density at radius 2 is 2.14 bits per heavy atom. The van der Waals surface area contributed by atoms with Crippen LogP contribution in [0.25, 0.3) is 0 Å². The Labute approximate surface area is 125 Å². The van der Waals surface area contributed by atoms with Gasteiger partial charge in [0.2, 0.25) is 5.91 Å². The van der Waals surface area contributed by atoms with Gasteiger partial charge in [-0.25, -0.2) is 0 Å². The lowest BCUT2D eigenvalue weighted by molar-refractivity contribution is -0.679. The van der Waals surface area contributed by atoms with Crippen molar-refractivity contribution >= 4 is 34.9 Å². The molecule has 1 amide bonds. The molecule has 0 spiro atoms. The van der Waals surface area contributed by atoms with E-state index in [1.165, 1.54) is 17.4 Å². The minimum atomic E-state index is -1.34. The Kier molecular flexibility index (Phi) is 6.07. The Morgan fingerprint density at radius 1 is 1.48 bits per heavy atom. The second-order valence-electron chi connectivity index (χ2n) is 4.25. The van der Waals surface area contributed by atoms with E-state index >= 15 is 0 Å². The van der Waals surface area contributed by atoms with Crippen LogP contribution in [0.2, 0.25) is 5.02 Å². The third kappa shape index (κ3) is 5.01. The van der Waals surface area contributed by atoms with Gasteiger partial charge in [-0.1, -0.05) is 11.6 Å². The summed E-state index contributed by atoms with van der Waals surface area (Å²) >= 11 is 5.65. The topological polar surface area (TPSA) is 129 Å². The van der Waals surface area contributed by atoms with Crippen molar-refractivity contribution in [1.29, 1.82) is 0 Å². The number of quaternary nitrogens is 1. The number of nitro groups is 1. The van der Waals surface area contributed by atoms with Crippen LogP contribution in [0.5, 0.6) is 0 Å².